The normalized spacial score (nSPS) is 11.5. The zero-order valence-corrected chi connectivity index (χ0v) is 15.8. The summed E-state index contributed by atoms with van der Waals surface area (Å²) >= 11 is 0. The quantitative estimate of drug-likeness (QED) is 0.695. The second-order valence-electron chi connectivity index (χ2n) is 6.52. The van der Waals surface area contributed by atoms with Crippen LogP contribution in [-0.2, 0) is 0 Å². The van der Waals surface area contributed by atoms with Crippen molar-refractivity contribution in [3.63, 3.8) is 0 Å². The van der Waals surface area contributed by atoms with Gasteiger partial charge in [-0.05, 0) is 43.7 Å². The highest BCUT2D eigenvalue weighted by molar-refractivity contribution is 5.95. The van der Waals surface area contributed by atoms with Gasteiger partial charge in [-0.25, -0.2) is 0 Å². The van der Waals surface area contributed by atoms with E-state index in [0.29, 0.717) is 11.1 Å². The predicted molar refractivity (Wildman–Crippen MR) is 107 cm³/mol. The fourth-order valence-electron chi connectivity index (χ4n) is 2.68. The fourth-order valence-corrected chi connectivity index (χ4v) is 2.68. The number of carbonyl (C=O) groups is 2. The van der Waals surface area contributed by atoms with Crippen LogP contribution >= 0.6 is 0 Å². The fraction of sp³-hybridized carbons (Fsp3) is 0.182. The average molecular weight is 374 g/mol. The maximum atomic E-state index is 12.6. The van der Waals surface area contributed by atoms with Gasteiger partial charge in [-0.15, -0.1) is 0 Å². The van der Waals surface area contributed by atoms with Crippen LogP contribution in [0.3, 0.4) is 0 Å². The summed E-state index contributed by atoms with van der Waals surface area (Å²) in [6, 6.07) is 16.2. The molecule has 0 unspecified atom stereocenters. The highest BCUT2D eigenvalue weighted by Crippen LogP contribution is 2.13. The third-order valence-electron chi connectivity index (χ3n) is 4.32. The number of pyridine rings is 2. The van der Waals surface area contributed by atoms with Gasteiger partial charge >= 0.3 is 0 Å². The van der Waals surface area contributed by atoms with Gasteiger partial charge in [0, 0.05) is 30.3 Å². The Kier molecular flexibility index (Phi) is 6.11. The summed E-state index contributed by atoms with van der Waals surface area (Å²) in [6.45, 7) is 3.98. The Morgan fingerprint density at radius 3 is 1.93 bits per heavy atom. The van der Waals surface area contributed by atoms with Crippen molar-refractivity contribution in [2.24, 2.45) is 0 Å². The third kappa shape index (κ3) is 5.01. The Morgan fingerprint density at radius 1 is 0.821 bits per heavy atom. The lowest BCUT2D eigenvalue weighted by Gasteiger charge is -2.20. The number of aryl methyl sites for hydroxylation is 2. The van der Waals surface area contributed by atoms with E-state index in [4.69, 9.17) is 0 Å². The van der Waals surface area contributed by atoms with Crippen molar-refractivity contribution in [1.29, 1.82) is 0 Å². The Morgan fingerprint density at radius 2 is 1.39 bits per heavy atom. The molecule has 3 aromatic rings. The van der Waals surface area contributed by atoms with Crippen molar-refractivity contribution in [2.45, 2.75) is 19.9 Å². The van der Waals surface area contributed by atoms with Crippen LogP contribution in [0.25, 0.3) is 0 Å². The Labute approximate surface area is 164 Å². The molecule has 2 N–H and O–H groups in total. The van der Waals surface area contributed by atoms with Crippen molar-refractivity contribution in [1.82, 2.24) is 20.6 Å². The first-order valence-corrected chi connectivity index (χ1v) is 9.02. The number of hydrogen-bond acceptors (Lipinski definition) is 4. The van der Waals surface area contributed by atoms with Crippen LogP contribution in [0, 0.1) is 13.8 Å². The summed E-state index contributed by atoms with van der Waals surface area (Å²) in [4.78, 5) is 33.3. The summed E-state index contributed by atoms with van der Waals surface area (Å²) in [5.41, 5.74) is 3.54. The molecule has 0 aliphatic rings. The molecule has 3 rings (SSSR count). The van der Waals surface area contributed by atoms with E-state index in [1.165, 1.54) is 0 Å². The Hall–Kier alpha value is -3.54. The lowest BCUT2D eigenvalue weighted by atomic mass is 10.1. The molecular weight excluding hydrogens is 352 g/mol. The van der Waals surface area contributed by atoms with Crippen LogP contribution in [0.4, 0.5) is 0 Å². The molecule has 0 aliphatic carbocycles. The summed E-state index contributed by atoms with van der Waals surface area (Å²) in [6.07, 6.45) is 3.09. The summed E-state index contributed by atoms with van der Waals surface area (Å²) < 4.78 is 0. The number of benzene rings is 1. The number of amides is 2. The lowest BCUT2D eigenvalue weighted by Crippen LogP contribution is -2.38. The molecule has 28 heavy (non-hydrogen) atoms. The molecule has 0 bridgehead atoms. The Balaban J connectivity index is 1.72. The zero-order valence-electron chi connectivity index (χ0n) is 15.8. The van der Waals surface area contributed by atoms with Crippen molar-refractivity contribution in [3.8, 4) is 0 Å². The highest BCUT2D eigenvalue weighted by atomic mass is 16.2. The molecule has 0 saturated carbocycles. The molecule has 0 aliphatic heterocycles. The second-order valence-corrected chi connectivity index (χ2v) is 6.52. The molecule has 0 radical (unpaired) electrons. The monoisotopic (exact) mass is 374 g/mol. The summed E-state index contributed by atoms with van der Waals surface area (Å²) in [5, 5.41) is 5.85. The van der Waals surface area contributed by atoms with Crippen LogP contribution in [0.5, 0.6) is 0 Å². The van der Waals surface area contributed by atoms with Gasteiger partial charge in [-0.1, -0.05) is 30.3 Å². The first-order chi connectivity index (χ1) is 13.5. The minimum Gasteiger partial charge on any atom is -0.350 e. The van der Waals surface area contributed by atoms with Crippen molar-refractivity contribution >= 4 is 11.8 Å². The van der Waals surface area contributed by atoms with E-state index in [2.05, 4.69) is 20.6 Å². The number of aromatic nitrogens is 2. The third-order valence-corrected chi connectivity index (χ3v) is 4.32. The van der Waals surface area contributed by atoms with Gasteiger partial charge < -0.3 is 10.6 Å². The van der Waals surface area contributed by atoms with Crippen molar-refractivity contribution in [2.75, 3.05) is 6.54 Å². The number of hydrogen-bond donors (Lipinski definition) is 2. The minimum absolute atomic E-state index is 0.236. The van der Waals surface area contributed by atoms with Gasteiger partial charge in [-0.3, -0.25) is 19.6 Å². The van der Waals surface area contributed by atoms with Crippen LogP contribution in [0.2, 0.25) is 0 Å². The van der Waals surface area contributed by atoms with E-state index in [1.54, 1.807) is 36.7 Å². The van der Waals surface area contributed by atoms with Gasteiger partial charge in [0.05, 0.1) is 17.2 Å². The van der Waals surface area contributed by atoms with Gasteiger partial charge in [0.1, 0.15) is 0 Å². The van der Waals surface area contributed by atoms with Crippen LogP contribution in [0.15, 0.2) is 67.0 Å². The largest absolute Gasteiger partial charge is 0.350 e. The number of nitrogens with one attached hydrogen (secondary N) is 2. The lowest BCUT2D eigenvalue weighted by molar-refractivity contribution is 0.0908. The SMILES string of the molecule is Cc1ccc(C(=O)NC[C@@H](NC(=O)c2ccc(C)nc2)c2ccccc2)cn1. The first-order valence-electron chi connectivity index (χ1n) is 9.02. The topological polar surface area (TPSA) is 84.0 Å². The second kappa shape index (κ2) is 8.90. The standard InChI is InChI=1S/C22H22N4O2/c1-15-8-10-18(12-23-15)21(27)25-14-20(17-6-4-3-5-7-17)26-22(28)19-11-9-16(2)24-13-19/h3-13,20H,14H2,1-2H3,(H,25,27)(H,26,28)/t20-/m1/s1. The zero-order chi connectivity index (χ0) is 19.9. The molecule has 142 valence electrons. The van der Waals surface area contributed by atoms with E-state index in [9.17, 15) is 9.59 Å². The van der Waals surface area contributed by atoms with Crippen molar-refractivity contribution in [3.05, 3.63) is 95.1 Å². The molecule has 2 amide bonds. The predicted octanol–water partition coefficient (Wildman–Crippen LogP) is 2.99. The molecule has 0 spiro atoms. The summed E-state index contributed by atoms with van der Waals surface area (Å²) in [7, 11) is 0. The van der Waals surface area contributed by atoms with E-state index < -0.39 is 0 Å². The maximum absolute atomic E-state index is 12.6. The molecule has 6 heteroatoms. The number of carbonyl (C=O) groups excluding carboxylic acids is 2. The smallest absolute Gasteiger partial charge is 0.253 e. The Bertz CT molecular complexity index is 939. The molecule has 6 nitrogen and oxygen atoms in total. The molecule has 1 atom stereocenters. The first kappa shape index (κ1) is 19.2. The van der Waals surface area contributed by atoms with Crippen LogP contribution < -0.4 is 10.6 Å². The van der Waals surface area contributed by atoms with E-state index in [0.717, 1.165) is 17.0 Å². The number of rotatable bonds is 6. The highest BCUT2D eigenvalue weighted by Gasteiger charge is 2.17. The van der Waals surface area contributed by atoms with E-state index in [1.807, 2.05) is 44.2 Å². The van der Waals surface area contributed by atoms with Crippen LogP contribution in [-0.4, -0.2) is 28.3 Å². The van der Waals surface area contributed by atoms with E-state index in [-0.39, 0.29) is 24.4 Å². The minimum atomic E-state index is -0.377. The summed E-state index contributed by atoms with van der Waals surface area (Å²) in [5.74, 6) is -0.479. The van der Waals surface area contributed by atoms with Crippen molar-refractivity contribution < 1.29 is 9.59 Å². The molecular formula is C22H22N4O2. The molecule has 2 aromatic heterocycles. The average Bonchev–Trinajstić information content (AvgIpc) is 2.72. The number of nitrogens with zero attached hydrogens (tertiary/aromatic N) is 2. The molecule has 1 aromatic carbocycles. The van der Waals surface area contributed by atoms with Crippen LogP contribution in [0.1, 0.15) is 43.7 Å². The van der Waals surface area contributed by atoms with Gasteiger partial charge in [0.25, 0.3) is 11.8 Å². The maximum Gasteiger partial charge on any atom is 0.253 e. The van der Waals surface area contributed by atoms with Gasteiger partial charge in [0.15, 0.2) is 0 Å². The van der Waals surface area contributed by atoms with E-state index >= 15 is 0 Å². The van der Waals surface area contributed by atoms with Gasteiger partial charge in [0.2, 0.25) is 0 Å². The molecule has 0 saturated heterocycles. The molecule has 0 fully saturated rings. The molecule has 2 heterocycles. The van der Waals surface area contributed by atoms with Gasteiger partial charge in [-0.2, -0.15) is 0 Å².